The monoisotopic (exact) mass is 276 g/mol. The Kier molecular flexibility index (Phi) is 5.23. The van der Waals surface area contributed by atoms with Crippen LogP contribution in [0.1, 0.15) is 12.1 Å². The molecule has 3 N–H and O–H groups in total. The van der Waals surface area contributed by atoms with Crippen LogP contribution in [-0.2, 0) is 27.6 Å². The smallest absolute Gasteiger partial charge is 0.218 e. The van der Waals surface area contributed by atoms with Crippen molar-refractivity contribution in [1.29, 1.82) is 0 Å². The molecule has 0 unspecified atom stereocenters. The number of rotatable bonds is 8. The molecule has 18 heavy (non-hydrogen) atoms. The van der Waals surface area contributed by atoms with Gasteiger partial charge in [-0.15, -0.1) is 5.10 Å². The third kappa shape index (κ3) is 5.23. The third-order valence-corrected chi connectivity index (χ3v) is 3.88. The summed E-state index contributed by atoms with van der Waals surface area (Å²) in [6.45, 7) is 0.134. The van der Waals surface area contributed by atoms with Crippen LogP contribution in [-0.4, -0.2) is 52.5 Å². The van der Waals surface area contributed by atoms with Crippen molar-refractivity contribution < 1.29 is 18.3 Å². The number of carbonyl (C=O) groups excluding carboxylic acids is 1. The van der Waals surface area contributed by atoms with Crippen LogP contribution in [0.5, 0.6) is 0 Å². The fourth-order valence-electron chi connectivity index (χ4n) is 1.27. The maximum Gasteiger partial charge on any atom is 0.218 e. The van der Waals surface area contributed by atoms with Crippen LogP contribution in [0.2, 0.25) is 0 Å². The Morgan fingerprint density at radius 2 is 2.17 bits per heavy atom. The summed E-state index contributed by atoms with van der Waals surface area (Å²) < 4.78 is 24.5. The first-order valence-corrected chi connectivity index (χ1v) is 7.23. The van der Waals surface area contributed by atoms with E-state index < -0.39 is 15.7 Å². The summed E-state index contributed by atoms with van der Waals surface area (Å²) in [6.07, 6.45) is 1.80. The quantitative estimate of drug-likeness (QED) is 0.571. The lowest BCUT2D eigenvalue weighted by Gasteiger charge is -2.02. The summed E-state index contributed by atoms with van der Waals surface area (Å²) in [5.74, 6) is -1.01. The van der Waals surface area contributed by atoms with E-state index >= 15 is 0 Å². The van der Waals surface area contributed by atoms with E-state index in [2.05, 4.69) is 10.3 Å². The van der Waals surface area contributed by atoms with Crippen LogP contribution >= 0.6 is 0 Å². The molecule has 1 rings (SSSR count). The Balaban J connectivity index is 2.45. The fourth-order valence-corrected chi connectivity index (χ4v) is 2.45. The SMILES string of the molecule is NC(=O)CCS(=O)(=O)CCn1cc(CCO)nn1. The molecule has 0 aliphatic carbocycles. The van der Waals surface area contributed by atoms with Gasteiger partial charge in [0.1, 0.15) is 0 Å². The molecule has 0 fully saturated rings. The van der Waals surface area contributed by atoms with Gasteiger partial charge in [0.2, 0.25) is 5.91 Å². The predicted molar refractivity (Wildman–Crippen MR) is 63.3 cm³/mol. The van der Waals surface area contributed by atoms with Gasteiger partial charge in [-0.1, -0.05) is 5.21 Å². The molecular formula is C9H16N4O4S. The summed E-state index contributed by atoms with van der Waals surface area (Å²) in [6, 6.07) is 0. The molecule has 0 bridgehead atoms. The van der Waals surface area contributed by atoms with Gasteiger partial charge in [-0.25, -0.2) is 8.42 Å². The lowest BCUT2D eigenvalue weighted by molar-refractivity contribution is -0.117. The van der Waals surface area contributed by atoms with E-state index in [-0.39, 0.29) is 31.1 Å². The van der Waals surface area contributed by atoms with Gasteiger partial charge in [0.25, 0.3) is 0 Å². The standard InChI is InChI=1S/C9H16N4O4S/c10-9(15)2-5-18(16,17)6-3-13-7-8(1-4-14)11-12-13/h7,14H,1-6H2,(H2,10,15). The van der Waals surface area contributed by atoms with Gasteiger partial charge in [0.15, 0.2) is 9.84 Å². The van der Waals surface area contributed by atoms with E-state index in [1.165, 1.54) is 4.68 Å². The minimum Gasteiger partial charge on any atom is -0.396 e. The Morgan fingerprint density at radius 1 is 1.44 bits per heavy atom. The van der Waals surface area contributed by atoms with Crippen molar-refractivity contribution in [2.45, 2.75) is 19.4 Å². The first-order chi connectivity index (χ1) is 8.43. The van der Waals surface area contributed by atoms with Crippen molar-refractivity contribution in [3.05, 3.63) is 11.9 Å². The maximum absolute atomic E-state index is 11.5. The van der Waals surface area contributed by atoms with Gasteiger partial charge in [-0.2, -0.15) is 0 Å². The molecule has 0 saturated heterocycles. The number of hydrogen-bond acceptors (Lipinski definition) is 6. The molecule has 9 heteroatoms. The van der Waals surface area contributed by atoms with E-state index in [0.717, 1.165) is 0 Å². The van der Waals surface area contributed by atoms with Gasteiger partial charge in [-0.3, -0.25) is 9.48 Å². The van der Waals surface area contributed by atoms with E-state index in [4.69, 9.17) is 10.8 Å². The summed E-state index contributed by atoms with van der Waals surface area (Å²) in [4.78, 5) is 10.5. The van der Waals surface area contributed by atoms with Crippen molar-refractivity contribution in [2.24, 2.45) is 5.73 Å². The average Bonchev–Trinajstić information content (AvgIpc) is 2.73. The van der Waals surface area contributed by atoms with Crippen LogP contribution in [0.25, 0.3) is 0 Å². The Morgan fingerprint density at radius 3 is 2.78 bits per heavy atom. The molecule has 0 saturated carbocycles. The molecule has 0 aliphatic rings. The highest BCUT2D eigenvalue weighted by Gasteiger charge is 2.13. The Labute approximate surface area is 105 Å². The number of hydrogen-bond donors (Lipinski definition) is 2. The zero-order valence-corrected chi connectivity index (χ0v) is 10.6. The molecule has 0 radical (unpaired) electrons. The summed E-state index contributed by atoms with van der Waals surface area (Å²) in [5.41, 5.74) is 5.49. The largest absolute Gasteiger partial charge is 0.396 e. The molecule has 8 nitrogen and oxygen atoms in total. The number of aliphatic hydroxyl groups is 1. The van der Waals surface area contributed by atoms with E-state index in [1.807, 2.05) is 0 Å². The number of carbonyl (C=O) groups is 1. The number of nitrogens with two attached hydrogens (primary N) is 1. The topological polar surface area (TPSA) is 128 Å². The number of aromatic nitrogens is 3. The molecule has 1 heterocycles. The highest BCUT2D eigenvalue weighted by Crippen LogP contribution is 1.98. The van der Waals surface area contributed by atoms with Crippen LogP contribution in [0.3, 0.4) is 0 Å². The summed E-state index contributed by atoms with van der Waals surface area (Å²) >= 11 is 0. The zero-order chi connectivity index (χ0) is 13.6. The molecule has 0 aromatic carbocycles. The Hall–Kier alpha value is -1.48. The number of sulfone groups is 1. The van der Waals surface area contributed by atoms with Crippen LogP contribution in [0.15, 0.2) is 6.20 Å². The molecule has 0 aliphatic heterocycles. The molecule has 1 amide bonds. The van der Waals surface area contributed by atoms with Gasteiger partial charge < -0.3 is 10.8 Å². The van der Waals surface area contributed by atoms with Crippen LogP contribution < -0.4 is 5.73 Å². The first-order valence-electron chi connectivity index (χ1n) is 5.41. The number of primary amides is 1. The first kappa shape index (κ1) is 14.6. The average molecular weight is 276 g/mol. The minimum atomic E-state index is -3.32. The Bertz CT molecular complexity index is 496. The second-order valence-corrected chi connectivity index (χ2v) is 6.12. The molecule has 0 spiro atoms. The van der Waals surface area contributed by atoms with E-state index in [1.54, 1.807) is 6.20 Å². The van der Waals surface area contributed by atoms with Crippen molar-refractivity contribution in [3.8, 4) is 0 Å². The molecule has 1 aromatic heterocycles. The van der Waals surface area contributed by atoms with E-state index in [9.17, 15) is 13.2 Å². The lowest BCUT2D eigenvalue weighted by Crippen LogP contribution is -2.21. The molecule has 102 valence electrons. The van der Waals surface area contributed by atoms with Gasteiger partial charge in [0, 0.05) is 25.6 Å². The highest BCUT2D eigenvalue weighted by molar-refractivity contribution is 7.91. The lowest BCUT2D eigenvalue weighted by atomic mass is 10.3. The number of amides is 1. The molecular weight excluding hydrogens is 260 g/mol. The number of aryl methyl sites for hydroxylation is 1. The maximum atomic E-state index is 11.5. The second kappa shape index (κ2) is 6.45. The highest BCUT2D eigenvalue weighted by atomic mass is 32.2. The minimum absolute atomic E-state index is 0.0321. The summed E-state index contributed by atoms with van der Waals surface area (Å²) in [5, 5.41) is 16.2. The van der Waals surface area contributed by atoms with Crippen LogP contribution in [0.4, 0.5) is 0 Å². The normalized spacial score (nSPS) is 11.6. The van der Waals surface area contributed by atoms with Gasteiger partial charge >= 0.3 is 0 Å². The van der Waals surface area contributed by atoms with Crippen molar-refractivity contribution in [2.75, 3.05) is 18.1 Å². The number of aliphatic hydroxyl groups excluding tert-OH is 1. The predicted octanol–water partition coefficient (Wildman–Crippen LogP) is -1.90. The van der Waals surface area contributed by atoms with Crippen molar-refractivity contribution in [1.82, 2.24) is 15.0 Å². The van der Waals surface area contributed by atoms with E-state index in [0.29, 0.717) is 12.1 Å². The molecule has 1 aromatic rings. The zero-order valence-electron chi connectivity index (χ0n) is 9.82. The van der Waals surface area contributed by atoms with Crippen molar-refractivity contribution in [3.63, 3.8) is 0 Å². The van der Waals surface area contributed by atoms with Gasteiger partial charge in [-0.05, 0) is 0 Å². The fraction of sp³-hybridized carbons (Fsp3) is 0.667. The number of nitrogens with zero attached hydrogens (tertiary/aromatic N) is 3. The summed E-state index contributed by atoms with van der Waals surface area (Å²) in [7, 11) is -3.32. The van der Waals surface area contributed by atoms with Crippen LogP contribution in [0, 0.1) is 0 Å². The molecule has 0 atom stereocenters. The second-order valence-electron chi connectivity index (χ2n) is 3.81. The third-order valence-electron chi connectivity index (χ3n) is 2.24. The van der Waals surface area contributed by atoms with Crippen molar-refractivity contribution >= 4 is 15.7 Å². The van der Waals surface area contributed by atoms with Gasteiger partial charge in [0.05, 0.1) is 23.7 Å².